The van der Waals surface area contributed by atoms with Crippen LogP contribution in [0.2, 0.25) is 5.02 Å². The first kappa shape index (κ1) is 16.2. The smallest absolute Gasteiger partial charge is 0.230 e. The molecule has 4 heteroatoms. The van der Waals surface area contributed by atoms with E-state index in [0.717, 1.165) is 33.7 Å². The highest BCUT2D eigenvalue weighted by Gasteiger charge is 2.08. The molecule has 2 aromatic rings. The average Bonchev–Trinajstić information content (AvgIpc) is 2.45. The Bertz CT molecular complexity index is 622. The first-order valence-corrected chi connectivity index (χ1v) is 8.51. The van der Waals surface area contributed by atoms with Crippen LogP contribution < -0.4 is 5.32 Å². The van der Waals surface area contributed by atoms with Crippen molar-refractivity contribution in [3.05, 3.63) is 41.4 Å². The summed E-state index contributed by atoms with van der Waals surface area (Å²) in [5.41, 5.74) is 0. The lowest BCUT2D eigenvalue weighted by Gasteiger charge is -2.09. The van der Waals surface area contributed by atoms with Gasteiger partial charge in [-0.2, -0.15) is 0 Å². The number of thioether (sulfide) groups is 1. The molecule has 0 saturated carbocycles. The number of halogens is 1. The summed E-state index contributed by atoms with van der Waals surface area (Å²) < 4.78 is 0. The van der Waals surface area contributed by atoms with Gasteiger partial charge in [0.25, 0.3) is 0 Å². The third kappa shape index (κ3) is 4.65. The minimum absolute atomic E-state index is 0.0738. The molecule has 0 saturated heterocycles. The van der Waals surface area contributed by atoms with E-state index in [2.05, 4.69) is 19.2 Å². The fraction of sp³-hybridized carbons (Fsp3) is 0.353. The van der Waals surface area contributed by atoms with Crippen molar-refractivity contribution >= 4 is 40.0 Å². The van der Waals surface area contributed by atoms with Gasteiger partial charge in [0.05, 0.1) is 5.75 Å². The molecule has 0 unspecified atom stereocenters. The van der Waals surface area contributed by atoms with Crippen LogP contribution in [-0.4, -0.2) is 18.2 Å². The van der Waals surface area contributed by atoms with Gasteiger partial charge >= 0.3 is 0 Å². The Hall–Kier alpha value is -1.19. The Morgan fingerprint density at radius 3 is 2.67 bits per heavy atom. The van der Waals surface area contributed by atoms with Crippen LogP contribution in [0.3, 0.4) is 0 Å². The van der Waals surface area contributed by atoms with E-state index in [1.54, 1.807) is 0 Å². The van der Waals surface area contributed by atoms with Crippen LogP contribution in [0, 0.1) is 5.92 Å². The minimum Gasteiger partial charge on any atom is -0.355 e. The first-order chi connectivity index (χ1) is 10.1. The Kier molecular flexibility index (Phi) is 5.95. The zero-order chi connectivity index (χ0) is 15.2. The van der Waals surface area contributed by atoms with E-state index in [-0.39, 0.29) is 5.91 Å². The summed E-state index contributed by atoms with van der Waals surface area (Å²) in [6.07, 6.45) is 1.01. The van der Waals surface area contributed by atoms with Gasteiger partial charge in [-0.3, -0.25) is 4.79 Å². The quantitative estimate of drug-likeness (QED) is 0.778. The standard InChI is InChI=1S/C17H20ClNOS/c1-12(2)9-10-19-16(20)11-21-15-8-4-6-13-5-3-7-14(18)17(13)15/h3-8,12H,9-11H2,1-2H3,(H,19,20). The van der Waals surface area contributed by atoms with Gasteiger partial charge in [0.2, 0.25) is 5.91 Å². The van der Waals surface area contributed by atoms with E-state index >= 15 is 0 Å². The molecule has 0 fully saturated rings. The second kappa shape index (κ2) is 7.71. The first-order valence-electron chi connectivity index (χ1n) is 7.14. The molecule has 0 atom stereocenters. The lowest BCUT2D eigenvalue weighted by molar-refractivity contribution is -0.118. The molecule has 1 amide bonds. The predicted octanol–water partition coefficient (Wildman–Crippen LogP) is 4.75. The summed E-state index contributed by atoms with van der Waals surface area (Å²) in [6, 6.07) is 11.9. The molecular weight excluding hydrogens is 302 g/mol. The van der Waals surface area contributed by atoms with Crippen molar-refractivity contribution in [2.24, 2.45) is 5.92 Å². The van der Waals surface area contributed by atoms with Gasteiger partial charge < -0.3 is 5.32 Å². The van der Waals surface area contributed by atoms with E-state index in [4.69, 9.17) is 11.6 Å². The van der Waals surface area contributed by atoms with Gasteiger partial charge in [-0.1, -0.05) is 49.7 Å². The molecule has 0 aromatic heterocycles. The van der Waals surface area contributed by atoms with Crippen molar-refractivity contribution in [2.45, 2.75) is 25.2 Å². The fourth-order valence-corrected chi connectivity index (χ4v) is 3.35. The van der Waals surface area contributed by atoms with E-state index < -0.39 is 0 Å². The summed E-state index contributed by atoms with van der Waals surface area (Å²) in [5.74, 6) is 1.10. The highest BCUT2D eigenvalue weighted by atomic mass is 35.5. The Labute approximate surface area is 135 Å². The van der Waals surface area contributed by atoms with Crippen LogP contribution in [0.1, 0.15) is 20.3 Å². The number of fused-ring (bicyclic) bond motifs is 1. The lowest BCUT2D eigenvalue weighted by atomic mass is 10.1. The zero-order valence-electron chi connectivity index (χ0n) is 12.4. The molecule has 2 rings (SSSR count). The molecular formula is C17H20ClNOS. The molecule has 1 N–H and O–H groups in total. The largest absolute Gasteiger partial charge is 0.355 e. The van der Waals surface area contributed by atoms with Crippen molar-refractivity contribution in [3.63, 3.8) is 0 Å². The molecule has 0 radical (unpaired) electrons. The molecule has 0 heterocycles. The number of rotatable bonds is 6. The Morgan fingerprint density at radius 2 is 1.95 bits per heavy atom. The van der Waals surface area contributed by atoms with Crippen molar-refractivity contribution in [1.82, 2.24) is 5.32 Å². The van der Waals surface area contributed by atoms with Gasteiger partial charge in [0.1, 0.15) is 0 Å². The maximum Gasteiger partial charge on any atom is 0.230 e. The Balaban J connectivity index is 1.99. The summed E-state index contributed by atoms with van der Waals surface area (Å²) in [6.45, 7) is 5.05. The normalized spacial score (nSPS) is 11.0. The number of carbonyl (C=O) groups is 1. The van der Waals surface area contributed by atoms with E-state index in [9.17, 15) is 4.79 Å². The van der Waals surface area contributed by atoms with Crippen LogP contribution in [0.5, 0.6) is 0 Å². The highest BCUT2D eigenvalue weighted by molar-refractivity contribution is 8.00. The van der Waals surface area contributed by atoms with Gasteiger partial charge in [-0.05, 0) is 29.9 Å². The van der Waals surface area contributed by atoms with E-state index in [1.807, 2.05) is 36.4 Å². The molecule has 21 heavy (non-hydrogen) atoms. The number of benzene rings is 2. The van der Waals surface area contributed by atoms with Crippen molar-refractivity contribution in [1.29, 1.82) is 0 Å². The number of hydrogen-bond donors (Lipinski definition) is 1. The van der Waals surface area contributed by atoms with Gasteiger partial charge in [0.15, 0.2) is 0 Å². The van der Waals surface area contributed by atoms with Crippen LogP contribution in [0.25, 0.3) is 10.8 Å². The predicted molar refractivity (Wildman–Crippen MR) is 92.1 cm³/mol. The van der Waals surface area contributed by atoms with Crippen LogP contribution in [0.4, 0.5) is 0 Å². The summed E-state index contributed by atoms with van der Waals surface area (Å²) >= 11 is 7.82. The molecule has 2 aromatic carbocycles. The summed E-state index contributed by atoms with van der Waals surface area (Å²) in [7, 11) is 0. The molecule has 0 spiro atoms. The maximum atomic E-state index is 11.9. The van der Waals surface area contributed by atoms with Crippen LogP contribution >= 0.6 is 23.4 Å². The maximum absolute atomic E-state index is 11.9. The van der Waals surface area contributed by atoms with E-state index in [0.29, 0.717) is 11.7 Å². The molecule has 2 nitrogen and oxygen atoms in total. The number of hydrogen-bond acceptors (Lipinski definition) is 2. The van der Waals surface area contributed by atoms with Crippen LogP contribution in [0.15, 0.2) is 41.3 Å². The zero-order valence-corrected chi connectivity index (χ0v) is 13.9. The third-order valence-electron chi connectivity index (χ3n) is 3.22. The highest BCUT2D eigenvalue weighted by Crippen LogP contribution is 2.32. The van der Waals surface area contributed by atoms with Gasteiger partial charge in [-0.25, -0.2) is 0 Å². The fourth-order valence-electron chi connectivity index (χ4n) is 2.08. The summed E-state index contributed by atoms with van der Waals surface area (Å²) in [5, 5.41) is 5.82. The molecule has 0 aliphatic heterocycles. The average molecular weight is 322 g/mol. The van der Waals surface area contributed by atoms with Gasteiger partial charge in [0, 0.05) is 21.8 Å². The van der Waals surface area contributed by atoms with Crippen LogP contribution in [-0.2, 0) is 4.79 Å². The topological polar surface area (TPSA) is 29.1 Å². The van der Waals surface area contributed by atoms with Crippen molar-refractivity contribution in [3.8, 4) is 0 Å². The number of nitrogens with one attached hydrogen (secondary N) is 1. The molecule has 0 aliphatic rings. The Morgan fingerprint density at radius 1 is 1.24 bits per heavy atom. The number of amides is 1. The summed E-state index contributed by atoms with van der Waals surface area (Å²) in [4.78, 5) is 12.9. The molecule has 0 aliphatic carbocycles. The number of carbonyl (C=O) groups excluding carboxylic acids is 1. The second-order valence-electron chi connectivity index (χ2n) is 5.42. The van der Waals surface area contributed by atoms with Gasteiger partial charge in [-0.15, -0.1) is 11.8 Å². The van der Waals surface area contributed by atoms with Crippen molar-refractivity contribution < 1.29 is 4.79 Å². The van der Waals surface area contributed by atoms with Crippen molar-refractivity contribution in [2.75, 3.05) is 12.3 Å². The lowest BCUT2D eigenvalue weighted by Crippen LogP contribution is -2.26. The monoisotopic (exact) mass is 321 g/mol. The molecule has 0 bridgehead atoms. The minimum atomic E-state index is 0.0738. The SMILES string of the molecule is CC(C)CCNC(=O)CSc1cccc2cccc(Cl)c12. The third-order valence-corrected chi connectivity index (χ3v) is 4.59. The van der Waals surface area contributed by atoms with E-state index in [1.165, 1.54) is 11.8 Å². The molecule has 112 valence electrons. The second-order valence-corrected chi connectivity index (χ2v) is 6.84.